The predicted octanol–water partition coefficient (Wildman–Crippen LogP) is 3.58. The maximum absolute atomic E-state index is 3.80. The van der Waals surface area contributed by atoms with Crippen LogP contribution in [0.25, 0.3) is 0 Å². The van der Waals surface area contributed by atoms with E-state index in [-0.39, 0.29) is 5.54 Å². The maximum Gasteiger partial charge on any atom is 0.0558 e. The summed E-state index contributed by atoms with van der Waals surface area (Å²) in [4.78, 5) is 2.70. The van der Waals surface area contributed by atoms with E-state index in [0.29, 0.717) is 6.04 Å². The van der Waals surface area contributed by atoms with Gasteiger partial charge in [-0.3, -0.25) is 4.90 Å². The lowest BCUT2D eigenvalue weighted by atomic mass is 9.86. The topological polar surface area (TPSA) is 15.3 Å². The van der Waals surface area contributed by atoms with Gasteiger partial charge in [0.05, 0.1) is 5.54 Å². The van der Waals surface area contributed by atoms with Gasteiger partial charge in [-0.15, -0.1) is 0 Å². The quantitative estimate of drug-likeness (QED) is 0.865. The summed E-state index contributed by atoms with van der Waals surface area (Å²) in [5, 5.41) is 3.80. The van der Waals surface area contributed by atoms with E-state index in [9.17, 15) is 0 Å². The van der Waals surface area contributed by atoms with E-state index in [4.69, 9.17) is 0 Å². The normalized spacial score (nSPS) is 27.2. The van der Waals surface area contributed by atoms with Gasteiger partial charge in [0.25, 0.3) is 0 Å². The van der Waals surface area contributed by atoms with Crippen molar-refractivity contribution in [2.75, 3.05) is 31.6 Å². The fraction of sp³-hybridized carbons (Fsp3) is 0.667. The Bertz CT molecular complexity index is 420. The van der Waals surface area contributed by atoms with Crippen LogP contribution in [0, 0.1) is 5.92 Å². The van der Waals surface area contributed by atoms with Gasteiger partial charge in [-0.25, -0.2) is 0 Å². The number of benzene rings is 1. The van der Waals surface area contributed by atoms with Crippen molar-refractivity contribution >= 4 is 11.8 Å². The highest BCUT2D eigenvalue weighted by molar-refractivity contribution is 7.98. The van der Waals surface area contributed by atoms with E-state index in [0.717, 1.165) is 19.0 Å². The van der Waals surface area contributed by atoms with Crippen molar-refractivity contribution in [2.45, 2.75) is 38.8 Å². The molecule has 0 spiro atoms. The maximum atomic E-state index is 3.80. The molecule has 118 valence electrons. The Morgan fingerprint density at radius 1 is 1.33 bits per heavy atom. The van der Waals surface area contributed by atoms with Crippen LogP contribution in [0.5, 0.6) is 0 Å². The minimum Gasteiger partial charge on any atom is -0.311 e. The third-order valence-corrected chi connectivity index (χ3v) is 5.18. The summed E-state index contributed by atoms with van der Waals surface area (Å²) < 4.78 is 0. The molecule has 2 nitrogen and oxygen atoms in total. The number of hydrogen-bond donors (Lipinski definition) is 1. The summed E-state index contributed by atoms with van der Waals surface area (Å²) in [6.45, 7) is 10.4. The number of hydrogen-bond acceptors (Lipinski definition) is 3. The van der Waals surface area contributed by atoms with E-state index in [1.54, 1.807) is 0 Å². The SMILES string of the molecule is CSCCN1CC(CC(C)C)NCC1(C)c1ccccc1. The Labute approximate surface area is 134 Å². The van der Waals surface area contributed by atoms with Crippen LogP contribution in [-0.4, -0.2) is 42.6 Å². The average molecular weight is 307 g/mol. The fourth-order valence-electron chi connectivity index (χ4n) is 3.34. The first-order valence-electron chi connectivity index (χ1n) is 8.09. The van der Waals surface area contributed by atoms with Crippen LogP contribution in [0.2, 0.25) is 0 Å². The van der Waals surface area contributed by atoms with Crippen molar-refractivity contribution in [3.05, 3.63) is 35.9 Å². The molecule has 1 saturated heterocycles. The van der Waals surface area contributed by atoms with Gasteiger partial charge >= 0.3 is 0 Å². The molecule has 1 N–H and O–H groups in total. The van der Waals surface area contributed by atoms with Gasteiger partial charge in [0.2, 0.25) is 0 Å². The molecule has 0 saturated carbocycles. The molecule has 3 heteroatoms. The van der Waals surface area contributed by atoms with Crippen LogP contribution >= 0.6 is 11.8 Å². The largest absolute Gasteiger partial charge is 0.311 e. The van der Waals surface area contributed by atoms with Crippen molar-refractivity contribution in [3.63, 3.8) is 0 Å². The Balaban J connectivity index is 2.15. The second kappa shape index (κ2) is 7.66. The number of piperazine rings is 1. The van der Waals surface area contributed by atoms with Gasteiger partial charge in [0.15, 0.2) is 0 Å². The number of rotatable bonds is 6. The first-order valence-corrected chi connectivity index (χ1v) is 9.48. The minimum atomic E-state index is 0.116. The van der Waals surface area contributed by atoms with Crippen LogP contribution in [0.4, 0.5) is 0 Å². The molecule has 0 aliphatic carbocycles. The molecule has 1 aliphatic heterocycles. The molecular formula is C18H30N2S. The van der Waals surface area contributed by atoms with Crippen molar-refractivity contribution in [3.8, 4) is 0 Å². The summed E-state index contributed by atoms with van der Waals surface area (Å²) >= 11 is 1.94. The first-order chi connectivity index (χ1) is 10.1. The molecule has 0 radical (unpaired) electrons. The summed E-state index contributed by atoms with van der Waals surface area (Å²) in [7, 11) is 0. The smallest absolute Gasteiger partial charge is 0.0558 e. The molecule has 2 rings (SSSR count). The molecule has 0 amide bonds. The Morgan fingerprint density at radius 2 is 2.05 bits per heavy atom. The third-order valence-electron chi connectivity index (χ3n) is 4.59. The predicted molar refractivity (Wildman–Crippen MR) is 95.0 cm³/mol. The summed E-state index contributed by atoms with van der Waals surface area (Å²) in [6.07, 6.45) is 3.47. The molecule has 1 fully saturated rings. The molecule has 1 heterocycles. The number of nitrogens with zero attached hydrogens (tertiary/aromatic N) is 1. The van der Waals surface area contributed by atoms with Crippen molar-refractivity contribution < 1.29 is 0 Å². The van der Waals surface area contributed by atoms with Gasteiger partial charge in [0.1, 0.15) is 0 Å². The molecule has 21 heavy (non-hydrogen) atoms. The van der Waals surface area contributed by atoms with Crippen LogP contribution in [0.1, 0.15) is 32.8 Å². The van der Waals surface area contributed by atoms with Crippen LogP contribution in [-0.2, 0) is 5.54 Å². The van der Waals surface area contributed by atoms with E-state index in [1.807, 2.05) is 11.8 Å². The first kappa shape index (κ1) is 16.9. The van der Waals surface area contributed by atoms with Gasteiger partial charge in [-0.1, -0.05) is 44.2 Å². The van der Waals surface area contributed by atoms with Crippen molar-refractivity contribution in [2.24, 2.45) is 5.92 Å². The summed E-state index contributed by atoms with van der Waals surface area (Å²) in [5.74, 6) is 1.96. The molecule has 2 atom stereocenters. The molecule has 2 unspecified atom stereocenters. The van der Waals surface area contributed by atoms with E-state index in [2.05, 4.69) is 67.6 Å². The molecule has 1 aromatic rings. The molecule has 0 aromatic heterocycles. The third kappa shape index (κ3) is 4.24. The van der Waals surface area contributed by atoms with E-state index >= 15 is 0 Å². The standard InChI is InChI=1S/C18H30N2S/c1-15(2)12-17-13-20(10-11-21-4)18(3,14-19-17)16-8-6-5-7-9-16/h5-9,15,17,19H,10-14H2,1-4H3. The second-order valence-electron chi connectivity index (χ2n) is 6.79. The fourth-order valence-corrected chi connectivity index (χ4v) is 3.74. The lowest BCUT2D eigenvalue weighted by Gasteiger charge is -2.49. The van der Waals surface area contributed by atoms with Gasteiger partial charge in [0, 0.05) is 31.4 Å². The second-order valence-corrected chi connectivity index (χ2v) is 7.77. The lowest BCUT2D eigenvalue weighted by Crippen LogP contribution is -2.62. The highest BCUT2D eigenvalue weighted by Crippen LogP contribution is 2.31. The molecule has 1 aromatic carbocycles. The Kier molecular flexibility index (Phi) is 6.15. The lowest BCUT2D eigenvalue weighted by molar-refractivity contribution is 0.0512. The highest BCUT2D eigenvalue weighted by atomic mass is 32.2. The van der Waals surface area contributed by atoms with Crippen LogP contribution in [0.3, 0.4) is 0 Å². The number of thioether (sulfide) groups is 1. The summed E-state index contributed by atoms with van der Waals surface area (Å²) in [6, 6.07) is 11.6. The van der Waals surface area contributed by atoms with E-state index < -0.39 is 0 Å². The molecule has 1 aliphatic rings. The van der Waals surface area contributed by atoms with Crippen molar-refractivity contribution in [1.82, 2.24) is 10.2 Å². The Hall–Kier alpha value is -0.510. The molecular weight excluding hydrogens is 276 g/mol. The van der Waals surface area contributed by atoms with Crippen LogP contribution in [0.15, 0.2) is 30.3 Å². The van der Waals surface area contributed by atoms with Crippen LogP contribution < -0.4 is 5.32 Å². The average Bonchev–Trinajstić information content (AvgIpc) is 2.48. The highest BCUT2D eigenvalue weighted by Gasteiger charge is 2.38. The zero-order valence-corrected chi connectivity index (χ0v) is 14.7. The van der Waals surface area contributed by atoms with Gasteiger partial charge < -0.3 is 5.32 Å². The monoisotopic (exact) mass is 306 g/mol. The zero-order chi connectivity index (χ0) is 15.3. The Morgan fingerprint density at radius 3 is 2.67 bits per heavy atom. The van der Waals surface area contributed by atoms with Crippen molar-refractivity contribution in [1.29, 1.82) is 0 Å². The van der Waals surface area contributed by atoms with Gasteiger partial charge in [-0.2, -0.15) is 11.8 Å². The zero-order valence-electron chi connectivity index (χ0n) is 13.9. The number of nitrogens with one attached hydrogen (secondary N) is 1. The minimum absolute atomic E-state index is 0.116. The summed E-state index contributed by atoms with van der Waals surface area (Å²) in [5.41, 5.74) is 1.55. The van der Waals surface area contributed by atoms with Gasteiger partial charge in [-0.05, 0) is 31.1 Å². The van der Waals surface area contributed by atoms with E-state index in [1.165, 1.54) is 24.3 Å². The molecule has 0 bridgehead atoms.